The monoisotopic (exact) mass is 263 g/mol. The molecule has 0 aromatic carbocycles. The molecule has 1 atom stereocenters. The van der Waals surface area contributed by atoms with Gasteiger partial charge < -0.3 is 15.6 Å². The first-order valence-electron chi connectivity index (χ1n) is 7.25. The highest BCUT2D eigenvalue weighted by atomic mass is 16.2. The highest BCUT2D eigenvalue weighted by molar-refractivity contribution is 5.94. The summed E-state index contributed by atoms with van der Waals surface area (Å²) < 4.78 is 2.03. The first-order valence-corrected chi connectivity index (χ1v) is 7.25. The van der Waals surface area contributed by atoms with Crippen molar-refractivity contribution in [2.24, 2.45) is 5.92 Å². The summed E-state index contributed by atoms with van der Waals surface area (Å²) in [5.41, 5.74) is 7.19. The molecule has 1 aromatic rings. The van der Waals surface area contributed by atoms with Gasteiger partial charge in [-0.3, -0.25) is 4.79 Å². The zero-order valence-electron chi connectivity index (χ0n) is 12.1. The van der Waals surface area contributed by atoms with Crippen LogP contribution in [-0.4, -0.2) is 16.5 Å². The van der Waals surface area contributed by atoms with Crippen LogP contribution in [0.15, 0.2) is 12.3 Å². The van der Waals surface area contributed by atoms with Gasteiger partial charge >= 0.3 is 0 Å². The van der Waals surface area contributed by atoms with E-state index in [0.29, 0.717) is 23.3 Å². The zero-order valence-corrected chi connectivity index (χ0v) is 12.1. The minimum Gasteiger partial charge on any atom is -0.397 e. The zero-order chi connectivity index (χ0) is 14.0. The predicted octanol–water partition coefficient (Wildman–Crippen LogP) is 2.96. The van der Waals surface area contributed by atoms with E-state index in [0.717, 1.165) is 25.7 Å². The summed E-state index contributed by atoms with van der Waals surface area (Å²) in [7, 11) is 0. The molecule has 3 N–H and O–H groups in total. The van der Waals surface area contributed by atoms with Crippen LogP contribution >= 0.6 is 0 Å². The van der Waals surface area contributed by atoms with E-state index in [4.69, 9.17) is 5.73 Å². The lowest BCUT2D eigenvalue weighted by Crippen LogP contribution is -2.34. The number of nitrogens with zero attached hydrogens (tertiary/aromatic N) is 1. The highest BCUT2D eigenvalue weighted by Crippen LogP contribution is 2.37. The van der Waals surface area contributed by atoms with E-state index < -0.39 is 0 Å². The molecule has 4 heteroatoms. The molecule has 1 unspecified atom stereocenters. The van der Waals surface area contributed by atoms with Gasteiger partial charge in [-0.2, -0.15) is 0 Å². The summed E-state index contributed by atoms with van der Waals surface area (Å²) in [6.07, 6.45) is 6.33. The molecule has 0 radical (unpaired) electrons. The Hall–Kier alpha value is -1.45. The molecule has 1 heterocycles. The fourth-order valence-electron chi connectivity index (χ4n) is 2.29. The highest BCUT2D eigenvalue weighted by Gasteiger charge is 2.28. The summed E-state index contributed by atoms with van der Waals surface area (Å²) in [5.74, 6) is 0.671. The molecule has 1 saturated carbocycles. The first kappa shape index (κ1) is 14.0. The minimum absolute atomic E-state index is 0.000133. The molecule has 1 aliphatic rings. The molecule has 1 aliphatic carbocycles. The molecule has 2 rings (SSSR count). The Morgan fingerprint density at radius 2 is 2.11 bits per heavy atom. The summed E-state index contributed by atoms with van der Waals surface area (Å²) in [6.45, 7) is 6.47. The van der Waals surface area contributed by atoms with Gasteiger partial charge in [0.15, 0.2) is 0 Å². The van der Waals surface area contributed by atoms with Gasteiger partial charge in [-0.05, 0) is 44.6 Å². The smallest absolute Gasteiger partial charge is 0.268 e. The second kappa shape index (κ2) is 5.68. The molecule has 4 nitrogen and oxygen atoms in total. The first-order chi connectivity index (χ1) is 8.97. The van der Waals surface area contributed by atoms with E-state index in [9.17, 15) is 4.79 Å². The van der Waals surface area contributed by atoms with Gasteiger partial charge in [0, 0.05) is 18.3 Å². The second-order valence-corrected chi connectivity index (χ2v) is 6.14. The van der Waals surface area contributed by atoms with Gasteiger partial charge in [-0.25, -0.2) is 0 Å². The van der Waals surface area contributed by atoms with E-state index in [1.165, 1.54) is 0 Å². The third-order valence-electron chi connectivity index (χ3n) is 3.60. The number of aromatic nitrogens is 1. The summed E-state index contributed by atoms with van der Waals surface area (Å²) >= 11 is 0. The van der Waals surface area contributed by atoms with Gasteiger partial charge in [0.1, 0.15) is 5.69 Å². The Bertz CT molecular complexity index is 446. The van der Waals surface area contributed by atoms with Crippen molar-refractivity contribution in [1.82, 2.24) is 9.88 Å². The van der Waals surface area contributed by atoms with Gasteiger partial charge in [0.25, 0.3) is 5.91 Å². The van der Waals surface area contributed by atoms with Crippen molar-refractivity contribution in [2.45, 2.75) is 58.5 Å². The van der Waals surface area contributed by atoms with E-state index in [1.807, 2.05) is 10.8 Å². The lowest BCUT2D eigenvalue weighted by Gasteiger charge is -2.16. The van der Waals surface area contributed by atoms with E-state index in [1.54, 1.807) is 6.07 Å². The minimum atomic E-state index is -0.000133. The average Bonchev–Trinajstić information content (AvgIpc) is 3.09. The Balaban J connectivity index is 1.95. The van der Waals surface area contributed by atoms with Gasteiger partial charge in [0.05, 0.1) is 5.69 Å². The largest absolute Gasteiger partial charge is 0.397 e. The normalized spacial score (nSPS) is 16.6. The maximum atomic E-state index is 12.3. The molecule has 0 aliphatic heterocycles. The van der Waals surface area contributed by atoms with Gasteiger partial charge in [-0.15, -0.1) is 0 Å². The standard InChI is InChI=1S/C15H25N3O/c1-10(2)4-5-11(3)17-15(19)14-8-12(16)9-18(14)13-6-7-13/h8-11,13H,4-7,16H2,1-3H3,(H,17,19). The van der Waals surface area contributed by atoms with Gasteiger partial charge in [0.2, 0.25) is 0 Å². The van der Waals surface area contributed by atoms with E-state index in [2.05, 4.69) is 26.1 Å². The van der Waals surface area contributed by atoms with E-state index >= 15 is 0 Å². The quantitative estimate of drug-likeness (QED) is 0.829. The average molecular weight is 263 g/mol. The number of rotatable bonds is 6. The number of amides is 1. The lowest BCUT2D eigenvalue weighted by molar-refractivity contribution is 0.0927. The molecule has 1 aromatic heterocycles. The van der Waals surface area contributed by atoms with Crippen LogP contribution in [0.3, 0.4) is 0 Å². The molecule has 19 heavy (non-hydrogen) atoms. The molecule has 106 valence electrons. The van der Waals surface area contributed by atoms with Crippen molar-refractivity contribution >= 4 is 11.6 Å². The number of nitrogens with one attached hydrogen (secondary N) is 1. The number of anilines is 1. The second-order valence-electron chi connectivity index (χ2n) is 6.14. The van der Waals surface area contributed by atoms with Crippen molar-refractivity contribution in [3.63, 3.8) is 0 Å². The van der Waals surface area contributed by atoms with Crippen LogP contribution in [0, 0.1) is 5.92 Å². The molecule has 0 saturated heterocycles. The molecular weight excluding hydrogens is 238 g/mol. The van der Waals surface area contributed by atoms with Crippen molar-refractivity contribution in [3.05, 3.63) is 18.0 Å². The maximum absolute atomic E-state index is 12.3. The molecule has 0 bridgehead atoms. The van der Waals surface area contributed by atoms with Crippen molar-refractivity contribution in [2.75, 3.05) is 5.73 Å². The Morgan fingerprint density at radius 1 is 1.42 bits per heavy atom. The number of hydrogen-bond acceptors (Lipinski definition) is 2. The summed E-state index contributed by atoms with van der Waals surface area (Å²) in [5, 5.41) is 3.07. The van der Waals surface area contributed by atoms with Crippen LogP contribution in [0.2, 0.25) is 0 Å². The number of carbonyl (C=O) groups excluding carboxylic acids is 1. The maximum Gasteiger partial charge on any atom is 0.268 e. The van der Waals surface area contributed by atoms with Crippen LogP contribution in [0.1, 0.15) is 63.0 Å². The SMILES string of the molecule is CC(C)CCC(C)NC(=O)c1cc(N)cn1C1CC1. The Morgan fingerprint density at radius 3 is 2.68 bits per heavy atom. The van der Waals surface area contributed by atoms with Gasteiger partial charge in [-0.1, -0.05) is 13.8 Å². The van der Waals surface area contributed by atoms with Crippen molar-refractivity contribution in [3.8, 4) is 0 Å². The topological polar surface area (TPSA) is 60.1 Å². The summed E-state index contributed by atoms with van der Waals surface area (Å²) in [6, 6.07) is 2.46. The number of carbonyl (C=O) groups is 1. The van der Waals surface area contributed by atoms with Crippen LogP contribution in [0.4, 0.5) is 5.69 Å². The summed E-state index contributed by atoms with van der Waals surface area (Å²) in [4.78, 5) is 12.3. The molecule has 0 spiro atoms. The number of nitrogen functional groups attached to an aromatic ring is 1. The number of hydrogen-bond donors (Lipinski definition) is 2. The molecule has 1 fully saturated rings. The van der Waals surface area contributed by atoms with Crippen LogP contribution < -0.4 is 11.1 Å². The third-order valence-corrected chi connectivity index (χ3v) is 3.60. The van der Waals surface area contributed by atoms with Crippen molar-refractivity contribution in [1.29, 1.82) is 0 Å². The number of nitrogens with two attached hydrogens (primary N) is 1. The van der Waals surface area contributed by atoms with Crippen LogP contribution in [0.5, 0.6) is 0 Å². The Kier molecular flexibility index (Phi) is 4.17. The van der Waals surface area contributed by atoms with E-state index in [-0.39, 0.29) is 11.9 Å². The Labute approximate surface area is 115 Å². The fourth-order valence-corrected chi connectivity index (χ4v) is 2.29. The molecule has 1 amide bonds. The molecular formula is C15H25N3O. The van der Waals surface area contributed by atoms with Crippen molar-refractivity contribution < 1.29 is 4.79 Å². The third kappa shape index (κ3) is 3.75. The lowest BCUT2D eigenvalue weighted by atomic mass is 10.0. The van der Waals surface area contributed by atoms with Crippen LogP contribution in [-0.2, 0) is 0 Å². The predicted molar refractivity (Wildman–Crippen MR) is 78.1 cm³/mol. The van der Waals surface area contributed by atoms with Crippen LogP contribution in [0.25, 0.3) is 0 Å². The fraction of sp³-hybridized carbons (Fsp3) is 0.667.